The first-order chi connectivity index (χ1) is 15.5. The molecular formula is C26H22N2O3S. The van der Waals surface area contributed by atoms with Gasteiger partial charge in [0.1, 0.15) is 6.54 Å². The van der Waals surface area contributed by atoms with E-state index in [0.717, 1.165) is 22.5 Å². The number of benzene rings is 4. The second-order valence-corrected chi connectivity index (χ2v) is 9.68. The molecule has 0 spiro atoms. The lowest BCUT2D eigenvalue weighted by Crippen LogP contribution is -2.38. The van der Waals surface area contributed by atoms with Crippen molar-refractivity contribution in [3.8, 4) is 0 Å². The predicted molar refractivity (Wildman–Crippen MR) is 127 cm³/mol. The minimum atomic E-state index is -3.91. The lowest BCUT2D eigenvalue weighted by atomic mass is 10.0. The van der Waals surface area contributed by atoms with Crippen LogP contribution in [0.15, 0.2) is 95.9 Å². The van der Waals surface area contributed by atoms with E-state index in [-0.39, 0.29) is 11.4 Å². The van der Waals surface area contributed by atoms with E-state index in [1.165, 1.54) is 28.6 Å². The van der Waals surface area contributed by atoms with Gasteiger partial charge in [0.25, 0.3) is 10.0 Å². The molecule has 1 aliphatic rings. The van der Waals surface area contributed by atoms with E-state index in [1.807, 2.05) is 30.3 Å². The molecule has 1 amide bonds. The van der Waals surface area contributed by atoms with Crippen molar-refractivity contribution in [2.24, 2.45) is 0 Å². The molecule has 32 heavy (non-hydrogen) atoms. The Kier molecular flexibility index (Phi) is 5.15. The summed E-state index contributed by atoms with van der Waals surface area (Å²) in [6, 6.07) is 26.9. The molecule has 1 N–H and O–H groups in total. The van der Waals surface area contributed by atoms with E-state index in [4.69, 9.17) is 0 Å². The number of para-hydroxylation sites is 1. The molecule has 0 fully saturated rings. The van der Waals surface area contributed by atoms with Crippen molar-refractivity contribution < 1.29 is 13.2 Å². The molecule has 0 radical (unpaired) electrons. The van der Waals surface area contributed by atoms with Crippen LogP contribution in [0.1, 0.15) is 11.1 Å². The van der Waals surface area contributed by atoms with Crippen LogP contribution in [0.2, 0.25) is 0 Å². The topological polar surface area (TPSA) is 66.5 Å². The summed E-state index contributed by atoms with van der Waals surface area (Å²) in [5.41, 5.74) is 3.70. The summed E-state index contributed by atoms with van der Waals surface area (Å²) in [4.78, 5) is 13.2. The molecule has 5 nitrogen and oxygen atoms in total. The number of amides is 1. The number of sulfonamides is 1. The van der Waals surface area contributed by atoms with Crippen LogP contribution < -0.4 is 9.62 Å². The molecule has 0 atom stereocenters. The van der Waals surface area contributed by atoms with Crippen molar-refractivity contribution in [3.05, 3.63) is 102 Å². The van der Waals surface area contributed by atoms with Gasteiger partial charge in [0.05, 0.1) is 10.6 Å². The van der Waals surface area contributed by atoms with Crippen molar-refractivity contribution in [2.45, 2.75) is 17.7 Å². The van der Waals surface area contributed by atoms with E-state index in [0.29, 0.717) is 11.4 Å². The number of carbonyl (C=O) groups excluding carboxylic acids is 1. The quantitative estimate of drug-likeness (QED) is 0.468. The highest BCUT2D eigenvalue weighted by Gasteiger charge is 2.27. The van der Waals surface area contributed by atoms with Crippen LogP contribution in [-0.2, 0) is 27.7 Å². The normalized spacial score (nSPS) is 12.6. The number of anilines is 2. The molecule has 0 bridgehead atoms. The molecule has 0 saturated carbocycles. The van der Waals surface area contributed by atoms with Crippen molar-refractivity contribution >= 4 is 38.1 Å². The maximum Gasteiger partial charge on any atom is 0.264 e. The zero-order valence-corrected chi connectivity index (χ0v) is 18.2. The maximum absolute atomic E-state index is 13.4. The molecule has 0 heterocycles. The highest BCUT2D eigenvalue weighted by atomic mass is 32.2. The van der Waals surface area contributed by atoms with Crippen LogP contribution in [-0.4, -0.2) is 20.9 Å². The zero-order valence-electron chi connectivity index (χ0n) is 17.4. The van der Waals surface area contributed by atoms with Crippen LogP contribution in [0, 0.1) is 0 Å². The Morgan fingerprint density at radius 3 is 2.16 bits per heavy atom. The van der Waals surface area contributed by atoms with Gasteiger partial charge in [0, 0.05) is 11.1 Å². The Bertz CT molecular complexity index is 1390. The molecule has 6 heteroatoms. The third-order valence-corrected chi connectivity index (χ3v) is 7.60. The van der Waals surface area contributed by atoms with Gasteiger partial charge < -0.3 is 5.32 Å². The van der Waals surface area contributed by atoms with E-state index >= 15 is 0 Å². The van der Waals surface area contributed by atoms with Crippen LogP contribution in [0.5, 0.6) is 0 Å². The van der Waals surface area contributed by atoms with Gasteiger partial charge in [-0.15, -0.1) is 0 Å². The summed E-state index contributed by atoms with van der Waals surface area (Å²) in [5.74, 6) is -0.396. The Morgan fingerprint density at radius 2 is 1.44 bits per heavy atom. The Morgan fingerprint density at radius 1 is 0.781 bits per heavy atom. The summed E-state index contributed by atoms with van der Waals surface area (Å²) in [5, 5.41) is 5.13. The van der Waals surface area contributed by atoms with Gasteiger partial charge in [0.15, 0.2) is 0 Å². The average Bonchev–Trinajstić information content (AvgIpc) is 3.25. The molecule has 0 saturated heterocycles. The summed E-state index contributed by atoms with van der Waals surface area (Å²) in [6.07, 6.45) is 2.00. The first kappa shape index (κ1) is 20.3. The van der Waals surface area contributed by atoms with Crippen molar-refractivity contribution in [1.29, 1.82) is 0 Å². The lowest BCUT2D eigenvalue weighted by molar-refractivity contribution is -0.114. The van der Waals surface area contributed by atoms with Crippen molar-refractivity contribution in [2.75, 3.05) is 16.2 Å². The fraction of sp³-hybridized carbons (Fsp3) is 0.115. The van der Waals surface area contributed by atoms with E-state index in [9.17, 15) is 13.2 Å². The van der Waals surface area contributed by atoms with Gasteiger partial charge in [-0.25, -0.2) is 8.42 Å². The zero-order chi connectivity index (χ0) is 22.1. The molecule has 0 aliphatic heterocycles. The first-order valence-corrected chi connectivity index (χ1v) is 11.9. The lowest BCUT2D eigenvalue weighted by Gasteiger charge is -2.24. The van der Waals surface area contributed by atoms with Crippen LogP contribution in [0.3, 0.4) is 0 Å². The molecule has 4 aromatic rings. The highest BCUT2D eigenvalue weighted by Crippen LogP contribution is 2.35. The number of hydrogen-bond donors (Lipinski definition) is 1. The van der Waals surface area contributed by atoms with Gasteiger partial charge in [0.2, 0.25) is 5.91 Å². The fourth-order valence-corrected chi connectivity index (χ4v) is 5.75. The maximum atomic E-state index is 13.4. The second kappa shape index (κ2) is 8.13. The Hall–Kier alpha value is -3.64. The van der Waals surface area contributed by atoms with Crippen LogP contribution >= 0.6 is 0 Å². The summed E-state index contributed by atoms with van der Waals surface area (Å²) in [7, 11) is -3.91. The number of hydrogen-bond acceptors (Lipinski definition) is 3. The third kappa shape index (κ3) is 3.63. The molecular weight excluding hydrogens is 420 g/mol. The summed E-state index contributed by atoms with van der Waals surface area (Å²) >= 11 is 0. The molecule has 1 aliphatic carbocycles. The van der Waals surface area contributed by atoms with Gasteiger partial charge >= 0.3 is 0 Å². The Labute approximate surface area is 187 Å². The Balaban J connectivity index is 1.48. The van der Waals surface area contributed by atoms with E-state index < -0.39 is 15.9 Å². The molecule has 4 aromatic carbocycles. The van der Waals surface area contributed by atoms with Gasteiger partial charge in [-0.2, -0.15) is 0 Å². The fourth-order valence-electron chi connectivity index (χ4n) is 4.30. The van der Waals surface area contributed by atoms with Gasteiger partial charge in [-0.3, -0.25) is 9.10 Å². The first-order valence-electron chi connectivity index (χ1n) is 10.5. The largest absolute Gasteiger partial charge is 0.324 e. The molecule has 0 aromatic heterocycles. The van der Waals surface area contributed by atoms with E-state index in [1.54, 1.807) is 42.5 Å². The third-order valence-electron chi connectivity index (χ3n) is 5.81. The van der Waals surface area contributed by atoms with Crippen molar-refractivity contribution in [1.82, 2.24) is 0 Å². The predicted octanol–water partition coefficient (Wildman–Crippen LogP) is 4.77. The number of nitrogens with one attached hydrogen (secondary N) is 1. The highest BCUT2D eigenvalue weighted by molar-refractivity contribution is 7.92. The van der Waals surface area contributed by atoms with E-state index in [2.05, 4.69) is 11.4 Å². The number of rotatable bonds is 6. The number of aryl methyl sites for hydroxylation is 2. The van der Waals surface area contributed by atoms with Gasteiger partial charge in [-0.05, 0) is 59.7 Å². The molecule has 5 rings (SSSR count). The number of nitrogens with zero attached hydrogens (tertiary/aromatic N) is 1. The van der Waals surface area contributed by atoms with Crippen molar-refractivity contribution in [3.63, 3.8) is 0 Å². The molecule has 160 valence electrons. The smallest absolute Gasteiger partial charge is 0.264 e. The van der Waals surface area contributed by atoms with Crippen LogP contribution in [0.4, 0.5) is 11.4 Å². The standard InChI is InChI=1S/C26H22N2O3S/c29-25(27-24-17-16-20-15-14-19-8-7-13-23(24)26(19)20)18-28(21-9-3-1-4-10-21)32(30,31)22-11-5-2-6-12-22/h1-13,16-17H,14-15,18H2,(H,27,29). The minimum Gasteiger partial charge on any atom is -0.324 e. The monoisotopic (exact) mass is 442 g/mol. The summed E-state index contributed by atoms with van der Waals surface area (Å²) in [6.45, 7) is -0.329. The van der Waals surface area contributed by atoms with Crippen LogP contribution in [0.25, 0.3) is 10.8 Å². The SMILES string of the molecule is O=C(CN(c1ccccc1)S(=O)(=O)c1ccccc1)Nc1ccc2c3c(cccc13)CC2. The number of carbonyl (C=O) groups is 1. The minimum absolute atomic E-state index is 0.141. The summed E-state index contributed by atoms with van der Waals surface area (Å²) < 4.78 is 27.9. The van der Waals surface area contributed by atoms with Gasteiger partial charge in [-0.1, -0.05) is 60.7 Å². The second-order valence-electron chi connectivity index (χ2n) is 7.82. The molecule has 0 unspecified atom stereocenters. The average molecular weight is 443 g/mol.